The Balaban J connectivity index is 2.55. The zero-order valence-corrected chi connectivity index (χ0v) is 9.01. The second-order valence-corrected chi connectivity index (χ2v) is 3.95. The Morgan fingerprint density at radius 1 is 1.50 bits per heavy atom. The van der Waals surface area contributed by atoms with Gasteiger partial charge in [-0.2, -0.15) is 13.2 Å². The number of alkyl halides is 3. The molecule has 0 aromatic carbocycles. The number of halogens is 3. The van der Waals surface area contributed by atoms with Gasteiger partial charge in [0, 0.05) is 25.4 Å². The van der Waals surface area contributed by atoms with Crippen LogP contribution < -0.4 is 0 Å². The lowest BCUT2D eigenvalue weighted by molar-refractivity contribution is -0.162. The average Bonchev–Trinajstić information content (AvgIpc) is 2.15. The molecule has 0 aromatic rings. The van der Waals surface area contributed by atoms with Crippen LogP contribution in [0, 0.1) is 5.92 Å². The third-order valence-electron chi connectivity index (χ3n) is 2.72. The maximum absolute atomic E-state index is 12.0. The normalized spacial score (nSPS) is 22.4. The summed E-state index contributed by atoms with van der Waals surface area (Å²) in [5, 5.41) is 0. The molecule has 1 amide bonds. The van der Waals surface area contributed by atoms with Gasteiger partial charge in [0.15, 0.2) is 0 Å². The number of ketones is 1. The van der Waals surface area contributed by atoms with Crippen molar-refractivity contribution in [2.75, 3.05) is 13.1 Å². The zero-order valence-electron chi connectivity index (χ0n) is 9.01. The number of amides is 1. The number of carbonyl (C=O) groups excluding carboxylic acids is 2. The second-order valence-electron chi connectivity index (χ2n) is 3.95. The molecule has 1 rings (SSSR count). The fourth-order valence-corrected chi connectivity index (χ4v) is 1.77. The highest BCUT2D eigenvalue weighted by atomic mass is 19.4. The molecule has 0 radical (unpaired) electrons. The van der Waals surface area contributed by atoms with Crippen molar-refractivity contribution in [2.45, 2.75) is 32.4 Å². The number of rotatable bonds is 2. The smallest absolute Gasteiger partial charge is 0.341 e. The molecule has 0 saturated carbocycles. The molecule has 0 aliphatic carbocycles. The van der Waals surface area contributed by atoms with Gasteiger partial charge in [-0.25, -0.2) is 0 Å². The van der Waals surface area contributed by atoms with Crippen LogP contribution in [0.3, 0.4) is 0 Å². The molecule has 1 aliphatic heterocycles. The Bertz CT molecular complexity index is 288. The zero-order chi connectivity index (χ0) is 12.3. The van der Waals surface area contributed by atoms with Crippen molar-refractivity contribution >= 4 is 11.7 Å². The Morgan fingerprint density at radius 2 is 2.12 bits per heavy atom. The third kappa shape index (κ3) is 3.50. The minimum absolute atomic E-state index is 0.0403. The highest BCUT2D eigenvalue weighted by Gasteiger charge is 2.36. The highest BCUT2D eigenvalue weighted by molar-refractivity contribution is 5.85. The van der Waals surface area contributed by atoms with E-state index in [0.717, 1.165) is 4.90 Å². The Hall–Kier alpha value is -1.07. The largest absolute Gasteiger partial charge is 0.397 e. The van der Waals surface area contributed by atoms with Crippen LogP contribution in [0.25, 0.3) is 0 Å². The van der Waals surface area contributed by atoms with Crippen molar-refractivity contribution in [3.8, 4) is 0 Å². The Labute approximate surface area is 91.6 Å². The first-order valence-corrected chi connectivity index (χ1v) is 5.20. The van der Waals surface area contributed by atoms with Gasteiger partial charge in [0.25, 0.3) is 0 Å². The summed E-state index contributed by atoms with van der Waals surface area (Å²) in [4.78, 5) is 23.7. The molecule has 6 heteroatoms. The van der Waals surface area contributed by atoms with E-state index in [-0.39, 0.29) is 31.2 Å². The molecule has 1 aliphatic rings. The first-order valence-electron chi connectivity index (χ1n) is 5.20. The predicted octanol–water partition coefficient (Wildman–Crippen LogP) is 1.77. The van der Waals surface area contributed by atoms with E-state index in [0.29, 0.717) is 6.42 Å². The molecule has 0 spiro atoms. The molecule has 1 atom stereocenters. The summed E-state index contributed by atoms with van der Waals surface area (Å²) in [7, 11) is 0. The van der Waals surface area contributed by atoms with E-state index >= 15 is 0 Å². The lowest BCUT2D eigenvalue weighted by Crippen LogP contribution is -2.45. The van der Waals surface area contributed by atoms with Gasteiger partial charge in [-0.15, -0.1) is 0 Å². The number of hydrogen-bond acceptors (Lipinski definition) is 2. The topological polar surface area (TPSA) is 37.4 Å². The molecule has 1 heterocycles. The van der Waals surface area contributed by atoms with Crippen molar-refractivity contribution in [2.24, 2.45) is 5.92 Å². The van der Waals surface area contributed by atoms with Gasteiger partial charge < -0.3 is 4.90 Å². The van der Waals surface area contributed by atoms with Gasteiger partial charge >= 0.3 is 6.18 Å². The number of nitrogens with zero attached hydrogens (tertiary/aromatic N) is 1. The van der Waals surface area contributed by atoms with E-state index in [4.69, 9.17) is 0 Å². The van der Waals surface area contributed by atoms with Crippen molar-refractivity contribution in [1.82, 2.24) is 4.90 Å². The highest BCUT2D eigenvalue weighted by Crippen LogP contribution is 2.23. The summed E-state index contributed by atoms with van der Waals surface area (Å²) >= 11 is 0. The summed E-state index contributed by atoms with van der Waals surface area (Å²) in [6.07, 6.45) is -5.17. The maximum atomic E-state index is 12.0. The van der Waals surface area contributed by atoms with Crippen molar-refractivity contribution in [3.05, 3.63) is 0 Å². The lowest BCUT2D eigenvalue weighted by Gasteiger charge is -2.31. The molecule has 0 N–H and O–H groups in total. The van der Waals surface area contributed by atoms with Crippen molar-refractivity contribution in [3.63, 3.8) is 0 Å². The molecular weight excluding hydrogens is 223 g/mol. The van der Waals surface area contributed by atoms with E-state index in [1.807, 2.05) is 0 Å². The molecule has 92 valence electrons. The Kier molecular flexibility index (Phi) is 3.93. The van der Waals surface area contributed by atoms with Gasteiger partial charge in [0.05, 0.1) is 0 Å². The average molecular weight is 237 g/mol. The monoisotopic (exact) mass is 237 g/mol. The van der Waals surface area contributed by atoms with Gasteiger partial charge in [0.1, 0.15) is 12.2 Å². The third-order valence-corrected chi connectivity index (χ3v) is 2.72. The van der Waals surface area contributed by atoms with Gasteiger partial charge in [0.2, 0.25) is 5.91 Å². The summed E-state index contributed by atoms with van der Waals surface area (Å²) in [6, 6.07) is 0. The van der Waals surface area contributed by atoms with Crippen LogP contribution in [0.1, 0.15) is 26.2 Å². The van der Waals surface area contributed by atoms with Crippen LogP contribution in [0.15, 0.2) is 0 Å². The summed E-state index contributed by atoms with van der Waals surface area (Å²) < 4.78 is 36.0. The molecule has 1 unspecified atom stereocenters. The van der Waals surface area contributed by atoms with Gasteiger partial charge in [-0.05, 0) is 6.42 Å². The first kappa shape index (κ1) is 13.0. The summed E-state index contributed by atoms with van der Waals surface area (Å²) in [5.74, 6) is -1.19. The second kappa shape index (κ2) is 4.84. The van der Waals surface area contributed by atoms with E-state index in [1.165, 1.54) is 0 Å². The van der Waals surface area contributed by atoms with Gasteiger partial charge in [-0.1, -0.05) is 6.92 Å². The van der Waals surface area contributed by atoms with Crippen LogP contribution >= 0.6 is 0 Å². The number of likely N-dealkylation sites (tertiary alicyclic amines) is 1. The fourth-order valence-electron chi connectivity index (χ4n) is 1.77. The summed E-state index contributed by atoms with van der Waals surface area (Å²) in [6.45, 7) is 2.04. The molecule has 0 bridgehead atoms. The summed E-state index contributed by atoms with van der Waals surface area (Å²) in [5.41, 5.74) is 0. The van der Waals surface area contributed by atoms with E-state index < -0.39 is 18.5 Å². The SMILES string of the molecule is CCC1CN(C(=O)CC(F)(F)F)CCC1=O. The van der Waals surface area contributed by atoms with Gasteiger partial charge in [-0.3, -0.25) is 9.59 Å². The van der Waals surface area contributed by atoms with E-state index in [9.17, 15) is 22.8 Å². The maximum Gasteiger partial charge on any atom is 0.397 e. The van der Waals surface area contributed by atoms with Crippen molar-refractivity contribution < 1.29 is 22.8 Å². The predicted molar refractivity (Wildman–Crippen MR) is 50.7 cm³/mol. The number of Topliss-reactive ketones (excluding diaryl/α,β-unsaturated/α-hetero) is 1. The first-order chi connectivity index (χ1) is 7.33. The molecule has 1 saturated heterocycles. The van der Waals surface area contributed by atoms with Crippen LogP contribution in [-0.2, 0) is 9.59 Å². The number of carbonyl (C=O) groups is 2. The minimum Gasteiger partial charge on any atom is -0.341 e. The van der Waals surface area contributed by atoms with Crippen LogP contribution in [0.5, 0.6) is 0 Å². The molecule has 16 heavy (non-hydrogen) atoms. The number of hydrogen-bond donors (Lipinski definition) is 0. The minimum atomic E-state index is -4.47. The fraction of sp³-hybridized carbons (Fsp3) is 0.800. The van der Waals surface area contributed by atoms with E-state index in [1.54, 1.807) is 6.92 Å². The van der Waals surface area contributed by atoms with Crippen LogP contribution in [-0.4, -0.2) is 35.9 Å². The quantitative estimate of drug-likeness (QED) is 0.734. The molecule has 1 fully saturated rings. The van der Waals surface area contributed by atoms with Crippen LogP contribution in [0.2, 0.25) is 0 Å². The lowest BCUT2D eigenvalue weighted by atomic mass is 9.94. The molecule has 3 nitrogen and oxygen atoms in total. The van der Waals surface area contributed by atoms with E-state index in [2.05, 4.69) is 0 Å². The van der Waals surface area contributed by atoms with Crippen LogP contribution in [0.4, 0.5) is 13.2 Å². The standard InChI is InChI=1S/C10H14F3NO2/c1-2-7-6-14(4-3-8(7)15)9(16)5-10(11,12)13/h7H,2-6H2,1H3. The molecular formula is C10H14F3NO2. The van der Waals surface area contributed by atoms with Crippen molar-refractivity contribution in [1.29, 1.82) is 0 Å². The molecule has 0 aromatic heterocycles. The number of piperidine rings is 1. The Morgan fingerprint density at radius 3 is 2.62 bits per heavy atom.